The predicted octanol–water partition coefficient (Wildman–Crippen LogP) is 2.14. The maximum Gasteiger partial charge on any atom is 0.410 e. The van der Waals surface area contributed by atoms with Gasteiger partial charge in [0.25, 0.3) is 0 Å². The van der Waals surface area contributed by atoms with Crippen molar-refractivity contribution in [1.82, 2.24) is 20.0 Å². The van der Waals surface area contributed by atoms with Crippen LogP contribution in [0.1, 0.15) is 53.4 Å². The van der Waals surface area contributed by atoms with Gasteiger partial charge in [-0.15, -0.1) is 0 Å². The molecule has 3 aliphatic rings. The smallest absolute Gasteiger partial charge is 0.410 e. The van der Waals surface area contributed by atoms with Crippen LogP contribution in [0, 0.1) is 0 Å². The second-order valence-electron chi connectivity index (χ2n) is 10.2. The van der Waals surface area contributed by atoms with Crippen LogP contribution in [-0.2, 0) is 14.3 Å². The molecule has 4 unspecified atom stereocenters. The molecule has 0 radical (unpaired) electrons. The lowest BCUT2D eigenvalue weighted by Gasteiger charge is -2.41. The van der Waals surface area contributed by atoms with Crippen LogP contribution < -0.4 is 5.32 Å². The van der Waals surface area contributed by atoms with Crippen LogP contribution in [0.5, 0.6) is 0 Å². The third kappa shape index (κ3) is 6.02. The highest BCUT2D eigenvalue weighted by molar-refractivity contribution is 5.73. The first-order chi connectivity index (χ1) is 14.9. The summed E-state index contributed by atoms with van der Waals surface area (Å²) in [6, 6.07) is -0.365. The first-order valence-electron chi connectivity index (χ1n) is 11.5. The van der Waals surface area contributed by atoms with Crippen molar-refractivity contribution in [3.8, 4) is 0 Å². The molecular weight excluding hydrogens is 419 g/mol. The Hall–Kier alpha value is -2.10. The molecule has 0 aromatic heterocycles. The Bertz CT molecular complexity index is 715. The fourth-order valence-electron chi connectivity index (χ4n) is 4.86. The zero-order chi connectivity index (χ0) is 23.6. The first kappa shape index (κ1) is 24.5. The van der Waals surface area contributed by atoms with E-state index in [1.807, 2.05) is 27.8 Å². The molecule has 1 saturated carbocycles. The van der Waals surface area contributed by atoms with Gasteiger partial charge in [-0.05, 0) is 47.1 Å². The van der Waals surface area contributed by atoms with Crippen molar-refractivity contribution in [3.05, 3.63) is 0 Å². The monoisotopic (exact) mass is 456 g/mol. The fraction of sp³-hybridized carbons (Fsp3) is 0.864. The molecule has 9 nitrogen and oxygen atoms in total. The van der Waals surface area contributed by atoms with E-state index in [1.54, 1.807) is 9.80 Å². The number of nitrogens with one attached hydrogen (secondary N) is 1. The van der Waals surface area contributed by atoms with Gasteiger partial charge in [0.05, 0.1) is 13.1 Å². The van der Waals surface area contributed by atoms with Crippen LogP contribution in [0.4, 0.5) is 14.0 Å². The molecule has 3 amide bonds. The van der Waals surface area contributed by atoms with Crippen LogP contribution in [0.15, 0.2) is 0 Å². The summed E-state index contributed by atoms with van der Waals surface area (Å²) in [7, 11) is 1.93. The summed E-state index contributed by atoms with van der Waals surface area (Å²) in [6.07, 6.45) is 0.137. The SMILES string of the molecule is CC(=O)NC[C@H]1CN(C2CCC(N(C)C3CCN(C(=O)OC(C)(C)C)C3)C(F)C2)C(=O)O1. The van der Waals surface area contributed by atoms with Crippen LogP contribution in [0.3, 0.4) is 0 Å². The first-order valence-corrected chi connectivity index (χ1v) is 11.5. The van der Waals surface area contributed by atoms with Gasteiger partial charge >= 0.3 is 12.2 Å². The normalized spacial score (nSPS) is 31.1. The molecule has 2 aliphatic heterocycles. The van der Waals surface area contributed by atoms with Gasteiger partial charge in [-0.25, -0.2) is 14.0 Å². The molecule has 2 saturated heterocycles. The van der Waals surface area contributed by atoms with Gasteiger partial charge in [-0.1, -0.05) is 0 Å². The fourth-order valence-corrected chi connectivity index (χ4v) is 4.86. The predicted molar refractivity (Wildman–Crippen MR) is 116 cm³/mol. The third-order valence-electron chi connectivity index (χ3n) is 6.55. The number of amides is 3. The van der Waals surface area contributed by atoms with Gasteiger partial charge in [-0.3, -0.25) is 9.69 Å². The highest BCUT2D eigenvalue weighted by Crippen LogP contribution is 2.33. The van der Waals surface area contributed by atoms with Crippen molar-refractivity contribution in [2.24, 2.45) is 0 Å². The summed E-state index contributed by atoms with van der Waals surface area (Å²) in [6.45, 7) is 8.71. The number of nitrogens with zero attached hydrogens (tertiary/aromatic N) is 3. The molecule has 0 aromatic rings. The van der Waals surface area contributed by atoms with E-state index in [1.165, 1.54) is 6.92 Å². The number of hydrogen-bond donors (Lipinski definition) is 1. The molecule has 0 bridgehead atoms. The minimum Gasteiger partial charge on any atom is -0.444 e. The number of halogens is 1. The van der Waals surface area contributed by atoms with E-state index in [0.29, 0.717) is 32.5 Å². The lowest BCUT2D eigenvalue weighted by Crippen LogP contribution is -2.52. The third-order valence-corrected chi connectivity index (χ3v) is 6.55. The Balaban J connectivity index is 1.50. The summed E-state index contributed by atoms with van der Waals surface area (Å²) < 4.78 is 26.0. The van der Waals surface area contributed by atoms with E-state index in [0.717, 1.165) is 6.42 Å². The zero-order valence-corrected chi connectivity index (χ0v) is 19.8. The number of likely N-dealkylation sites (tertiary alicyclic amines) is 1. The molecule has 3 fully saturated rings. The van der Waals surface area contributed by atoms with Crippen LogP contribution >= 0.6 is 0 Å². The summed E-state index contributed by atoms with van der Waals surface area (Å²) in [5.74, 6) is -0.177. The molecule has 1 aliphatic carbocycles. The van der Waals surface area contributed by atoms with Crippen molar-refractivity contribution in [1.29, 1.82) is 0 Å². The number of hydrogen-bond acceptors (Lipinski definition) is 6. The molecular formula is C22H37FN4O5. The number of cyclic esters (lactones) is 1. The van der Waals surface area contributed by atoms with Crippen molar-refractivity contribution in [3.63, 3.8) is 0 Å². The maximum atomic E-state index is 15.2. The summed E-state index contributed by atoms with van der Waals surface area (Å²) in [4.78, 5) is 41.1. The summed E-state index contributed by atoms with van der Waals surface area (Å²) >= 11 is 0. The molecule has 2 heterocycles. The molecule has 1 N–H and O–H groups in total. The Labute approximate surface area is 189 Å². The highest BCUT2D eigenvalue weighted by atomic mass is 19.1. The summed E-state index contributed by atoms with van der Waals surface area (Å²) in [5, 5.41) is 2.66. The second-order valence-corrected chi connectivity index (χ2v) is 10.2. The van der Waals surface area contributed by atoms with E-state index in [2.05, 4.69) is 10.2 Å². The minimum atomic E-state index is -1.07. The van der Waals surface area contributed by atoms with Crippen molar-refractivity contribution in [2.75, 3.05) is 33.2 Å². The highest BCUT2D eigenvalue weighted by Gasteiger charge is 2.43. The van der Waals surface area contributed by atoms with Crippen LogP contribution in [0.25, 0.3) is 0 Å². The Kier molecular flexibility index (Phi) is 7.52. The largest absolute Gasteiger partial charge is 0.444 e. The lowest BCUT2D eigenvalue weighted by atomic mass is 9.87. The number of rotatable bonds is 5. The molecule has 32 heavy (non-hydrogen) atoms. The zero-order valence-electron chi connectivity index (χ0n) is 19.8. The second kappa shape index (κ2) is 9.80. The Morgan fingerprint density at radius 3 is 2.59 bits per heavy atom. The molecule has 182 valence electrons. The minimum absolute atomic E-state index is 0.0844. The van der Waals surface area contributed by atoms with Gasteiger partial charge in [0.15, 0.2) is 0 Å². The maximum absolute atomic E-state index is 15.2. The Morgan fingerprint density at radius 2 is 1.97 bits per heavy atom. The van der Waals surface area contributed by atoms with E-state index in [9.17, 15) is 14.4 Å². The summed E-state index contributed by atoms with van der Waals surface area (Å²) in [5.41, 5.74) is -0.540. The van der Waals surface area contributed by atoms with E-state index in [-0.39, 0.29) is 43.1 Å². The van der Waals surface area contributed by atoms with Crippen molar-refractivity contribution in [2.45, 2.75) is 89.4 Å². The van der Waals surface area contributed by atoms with E-state index < -0.39 is 24.0 Å². The molecule has 0 aromatic carbocycles. The molecule has 5 atom stereocenters. The van der Waals surface area contributed by atoms with Gasteiger partial charge < -0.3 is 24.6 Å². The number of likely N-dealkylation sites (N-methyl/N-ethyl adjacent to an activating group) is 1. The average Bonchev–Trinajstić information content (AvgIpc) is 3.31. The number of carbonyl (C=O) groups excluding carboxylic acids is 3. The van der Waals surface area contributed by atoms with Gasteiger partial charge in [0.1, 0.15) is 17.9 Å². The van der Waals surface area contributed by atoms with E-state index >= 15 is 4.39 Å². The molecule has 10 heteroatoms. The number of alkyl halides is 1. The molecule has 0 spiro atoms. The Morgan fingerprint density at radius 1 is 1.25 bits per heavy atom. The van der Waals surface area contributed by atoms with E-state index in [4.69, 9.17) is 9.47 Å². The van der Waals surface area contributed by atoms with Crippen molar-refractivity contribution < 1.29 is 28.2 Å². The average molecular weight is 457 g/mol. The number of ether oxygens (including phenoxy) is 2. The van der Waals surface area contributed by atoms with Gasteiger partial charge in [0, 0.05) is 44.6 Å². The topological polar surface area (TPSA) is 91.4 Å². The van der Waals surface area contributed by atoms with Gasteiger partial charge in [0.2, 0.25) is 5.91 Å². The molecule has 3 rings (SSSR count). The number of carbonyl (C=O) groups is 3. The quantitative estimate of drug-likeness (QED) is 0.682. The van der Waals surface area contributed by atoms with Gasteiger partial charge in [-0.2, -0.15) is 0 Å². The van der Waals surface area contributed by atoms with Crippen LogP contribution in [-0.4, -0.2) is 102 Å². The standard InChI is InChI=1S/C22H37FN4O5/c1-14(28)24-11-17-13-27(21(30)31-17)15-6-7-19(18(23)10-15)25(5)16-8-9-26(12-16)20(29)32-22(2,3)4/h15-19H,6-13H2,1-5H3,(H,24,28)/t15?,16?,17-,18?,19?/m0/s1. The van der Waals surface area contributed by atoms with Crippen molar-refractivity contribution >= 4 is 18.1 Å². The van der Waals surface area contributed by atoms with Crippen LogP contribution in [0.2, 0.25) is 0 Å². The lowest BCUT2D eigenvalue weighted by molar-refractivity contribution is -0.119.